The van der Waals surface area contributed by atoms with E-state index in [1.165, 1.54) is 0 Å². The number of carbonyl (C=O) groups is 1. The standard InChI is InChI=1S/C22H23ClN4O2/c1-22(2,3)29-21(28)26-11-12-27-18(14-26)19(15-7-9-24-10-8-15)20(25-27)16-5-4-6-17(23)13-16/h4-10,13H,11-12,14H2,1-3H3. The van der Waals surface area contributed by atoms with Crippen LogP contribution in [0.4, 0.5) is 4.79 Å². The zero-order valence-electron chi connectivity index (χ0n) is 16.7. The Kier molecular flexibility index (Phi) is 5.04. The number of ether oxygens (including phenoxy) is 1. The molecule has 0 spiro atoms. The number of hydrogen-bond acceptors (Lipinski definition) is 4. The van der Waals surface area contributed by atoms with Crippen molar-refractivity contribution in [2.24, 2.45) is 0 Å². The van der Waals surface area contributed by atoms with Crippen LogP contribution >= 0.6 is 11.6 Å². The summed E-state index contributed by atoms with van der Waals surface area (Å²) < 4.78 is 7.55. The molecule has 0 saturated heterocycles. The lowest BCUT2D eigenvalue weighted by atomic mass is 9.99. The van der Waals surface area contributed by atoms with Gasteiger partial charge in [-0.05, 0) is 50.6 Å². The van der Waals surface area contributed by atoms with Gasteiger partial charge in [0.15, 0.2) is 0 Å². The molecule has 6 nitrogen and oxygen atoms in total. The molecule has 0 fully saturated rings. The Hall–Kier alpha value is -2.86. The van der Waals surface area contributed by atoms with Gasteiger partial charge in [0.05, 0.1) is 18.8 Å². The van der Waals surface area contributed by atoms with Gasteiger partial charge < -0.3 is 9.64 Å². The minimum atomic E-state index is -0.533. The number of benzene rings is 1. The summed E-state index contributed by atoms with van der Waals surface area (Å²) in [5.41, 5.74) is 4.22. The van der Waals surface area contributed by atoms with Crippen LogP contribution in [0.15, 0.2) is 48.8 Å². The van der Waals surface area contributed by atoms with Gasteiger partial charge in [0.2, 0.25) is 0 Å². The van der Waals surface area contributed by atoms with Crippen molar-refractivity contribution in [3.05, 3.63) is 59.5 Å². The summed E-state index contributed by atoms with van der Waals surface area (Å²) in [5.74, 6) is 0. The first kappa shape index (κ1) is 19.5. The van der Waals surface area contributed by atoms with Gasteiger partial charge in [-0.3, -0.25) is 9.67 Å². The maximum Gasteiger partial charge on any atom is 0.410 e. The van der Waals surface area contributed by atoms with E-state index in [-0.39, 0.29) is 6.09 Å². The maximum absolute atomic E-state index is 12.6. The zero-order valence-corrected chi connectivity index (χ0v) is 17.5. The molecule has 7 heteroatoms. The van der Waals surface area contributed by atoms with Crippen molar-refractivity contribution in [3.8, 4) is 22.4 Å². The van der Waals surface area contributed by atoms with Gasteiger partial charge in [-0.1, -0.05) is 23.7 Å². The highest BCUT2D eigenvalue weighted by Gasteiger charge is 2.30. The van der Waals surface area contributed by atoms with E-state index in [1.54, 1.807) is 17.3 Å². The Morgan fingerprint density at radius 2 is 1.86 bits per heavy atom. The van der Waals surface area contributed by atoms with Crippen molar-refractivity contribution in [2.75, 3.05) is 6.54 Å². The van der Waals surface area contributed by atoms with Gasteiger partial charge >= 0.3 is 6.09 Å². The summed E-state index contributed by atoms with van der Waals surface area (Å²) in [5, 5.41) is 5.52. The molecule has 3 aromatic rings. The molecule has 1 aliphatic rings. The molecule has 1 aliphatic heterocycles. The van der Waals surface area contributed by atoms with Gasteiger partial charge in [-0.25, -0.2) is 4.79 Å². The van der Waals surface area contributed by atoms with Gasteiger partial charge in [0.1, 0.15) is 11.3 Å². The molecule has 0 N–H and O–H groups in total. The van der Waals surface area contributed by atoms with Crippen LogP contribution < -0.4 is 0 Å². The van der Waals surface area contributed by atoms with Crippen molar-refractivity contribution in [3.63, 3.8) is 0 Å². The number of rotatable bonds is 2. The van der Waals surface area contributed by atoms with E-state index in [4.69, 9.17) is 21.4 Å². The average molecular weight is 411 g/mol. The van der Waals surface area contributed by atoms with Crippen molar-refractivity contribution in [2.45, 2.75) is 39.5 Å². The second-order valence-corrected chi connectivity index (χ2v) is 8.48. The molecule has 3 heterocycles. The molecule has 4 rings (SSSR count). The summed E-state index contributed by atoms with van der Waals surface area (Å²) in [6.07, 6.45) is 3.21. The number of halogens is 1. The second kappa shape index (κ2) is 7.52. The molecule has 0 radical (unpaired) electrons. The monoisotopic (exact) mass is 410 g/mol. The van der Waals surface area contributed by atoms with Crippen molar-refractivity contribution in [1.82, 2.24) is 19.7 Å². The molecule has 0 unspecified atom stereocenters. The first-order valence-electron chi connectivity index (χ1n) is 9.56. The maximum atomic E-state index is 12.6. The highest BCUT2D eigenvalue weighted by atomic mass is 35.5. The van der Waals surface area contributed by atoms with Crippen LogP contribution in [0.25, 0.3) is 22.4 Å². The lowest BCUT2D eigenvalue weighted by molar-refractivity contribution is 0.0195. The fourth-order valence-corrected chi connectivity index (χ4v) is 3.65. The van der Waals surface area contributed by atoms with Gasteiger partial charge in [-0.2, -0.15) is 5.10 Å². The number of carbonyl (C=O) groups excluding carboxylic acids is 1. The largest absolute Gasteiger partial charge is 0.444 e. The molecule has 2 aromatic heterocycles. The SMILES string of the molecule is CC(C)(C)OC(=O)N1CCn2nc(-c3cccc(Cl)c3)c(-c3ccncc3)c2C1. The Morgan fingerprint density at radius 1 is 1.10 bits per heavy atom. The molecule has 0 saturated carbocycles. The summed E-state index contributed by atoms with van der Waals surface area (Å²) in [7, 11) is 0. The van der Waals surface area contributed by atoms with Crippen molar-refractivity contribution >= 4 is 17.7 Å². The van der Waals surface area contributed by atoms with Gasteiger partial charge in [0.25, 0.3) is 0 Å². The number of nitrogens with zero attached hydrogens (tertiary/aromatic N) is 4. The third kappa shape index (κ3) is 4.12. The summed E-state index contributed by atoms with van der Waals surface area (Å²) in [6.45, 7) is 7.21. The van der Waals surface area contributed by atoms with Crippen LogP contribution in [0.3, 0.4) is 0 Å². The predicted molar refractivity (Wildman–Crippen MR) is 113 cm³/mol. The average Bonchev–Trinajstić information content (AvgIpc) is 3.06. The van der Waals surface area contributed by atoms with Crippen molar-refractivity contribution < 1.29 is 9.53 Å². The first-order chi connectivity index (χ1) is 13.8. The topological polar surface area (TPSA) is 60.2 Å². The quantitative estimate of drug-likeness (QED) is 0.595. The fraction of sp³-hybridized carbons (Fsp3) is 0.318. The summed E-state index contributed by atoms with van der Waals surface area (Å²) >= 11 is 6.23. The van der Waals surface area contributed by atoms with E-state index >= 15 is 0 Å². The third-order valence-corrected chi connectivity index (χ3v) is 4.93. The lowest BCUT2D eigenvalue weighted by Crippen LogP contribution is -2.41. The van der Waals surface area contributed by atoms with Crippen LogP contribution in [-0.4, -0.2) is 37.9 Å². The zero-order chi connectivity index (χ0) is 20.6. The number of pyridine rings is 1. The molecule has 0 atom stereocenters. The Balaban J connectivity index is 1.79. The molecular weight excluding hydrogens is 388 g/mol. The first-order valence-corrected chi connectivity index (χ1v) is 9.93. The third-order valence-electron chi connectivity index (χ3n) is 4.70. The molecular formula is C22H23ClN4O2. The Labute approximate surface area is 175 Å². The van der Waals surface area contributed by atoms with E-state index in [0.29, 0.717) is 24.7 Å². The van der Waals surface area contributed by atoms with E-state index < -0.39 is 5.60 Å². The van der Waals surface area contributed by atoms with Crippen LogP contribution in [0.2, 0.25) is 5.02 Å². The van der Waals surface area contributed by atoms with Gasteiger partial charge in [-0.15, -0.1) is 0 Å². The van der Waals surface area contributed by atoms with Crippen molar-refractivity contribution in [1.29, 1.82) is 0 Å². The van der Waals surface area contributed by atoms with Crippen LogP contribution in [-0.2, 0) is 17.8 Å². The van der Waals surface area contributed by atoms with Crippen LogP contribution in [0.5, 0.6) is 0 Å². The number of aromatic nitrogens is 3. The fourth-order valence-electron chi connectivity index (χ4n) is 3.46. The van der Waals surface area contributed by atoms with E-state index in [9.17, 15) is 4.79 Å². The predicted octanol–water partition coefficient (Wildman–Crippen LogP) is 5.02. The minimum Gasteiger partial charge on any atom is -0.444 e. The van der Waals surface area contributed by atoms with Crippen LogP contribution in [0, 0.1) is 0 Å². The van der Waals surface area contributed by atoms with Gasteiger partial charge in [0, 0.05) is 35.1 Å². The molecule has 0 aliphatic carbocycles. The molecule has 0 bridgehead atoms. The summed E-state index contributed by atoms with van der Waals surface area (Å²) in [4.78, 5) is 18.5. The van der Waals surface area contributed by atoms with E-state index in [1.807, 2.05) is 61.9 Å². The molecule has 1 aromatic carbocycles. The second-order valence-electron chi connectivity index (χ2n) is 8.04. The molecule has 29 heavy (non-hydrogen) atoms. The minimum absolute atomic E-state index is 0.310. The Morgan fingerprint density at radius 3 is 2.55 bits per heavy atom. The lowest BCUT2D eigenvalue weighted by Gasteiger charge is -2.30. The highest BCUT2D eigenvalue weighted by Crippen LogP contribution is 2.37. The van der Waals surface area contributed by atoms with Crippen LogP contribution in [0.1, 0.15) is 26.5 Å². The summed E-state index contributed by atoms with van der Waals surface area (Å²) in [6, 6.07) is 11.6. The smallest absolute Gasteiger partial charge is 0.410 e. The number of fused-ring (bicyclic) bond motifs is 1. The molecule has 1 amide bonds. The Bertz CT molecular complexity index is 1040. The highest BCUT2D eigenvalue weighted by molar-refractivity contribution is 6.30. The van der Waals surface area contributed by atoms with E-state index in [2.05, 4.69) is 4.98 Å². The number of hydrogen-bond donors (Lipinski definition) is 0. The normalized spacial score (nSPS) is 13.9. The molecule has 150 valence electrons. The van der Waals surface area contributed by atoms with E-state index in [0.717, 1.165) is 28.1 Å². The number of amides is 1.